The number of nitrogens with zero attached hydrogens (tertiary/aromatic N) is 1. The molecule has 0 aliphatic rings. The van der Waals surface area contributed by atoms with E-state index in [4.69, 9.17) is 11.5 Å². The van der Waals surface area contributed by atoms with Crippen LogP contribution in [0.15, 0.2) is 22.9 Å². The van der Waals surface area contributed by atoms with Crippen LogP contribution in [0.5, 0.6) is 0 Å². The van der Waals surface area contributed by atoms with Crippen molar-refractivity contribution in [2.24, 2.45) is 11.5 Å². The Labute approximate surface area is 73.9 Å². The molecule has 0 radical (unpaired) electrons. The zero-order chi connectivity index (χ0) is 8.27. The molecule has 1 aromatic heterocycles. The van der Waals surface area contributed by atoms with Crippen LogP contribution >= 0.6 is 15.9 Å². The van der Waals surface area contributed by atoms with Gasteiger partial charge < -0.3 is 11.5 Å². The van der Waals surface area contributed by atoms with Crippen LogP contribution in [-0.2, 0) is 0 Å². The third-order valence-electron chi connectivity index (χ3n) is 1.41. The molecule has 1 unspecified atom stereocenters. The van der Waals surface area contributed by atoms with Crippen LogP contribution in [-0.4, -0.2) is 11.5 Å². The second kappa shape index (κ2) is 3.80. The highest BCUT2D eigenvalue weighted by atomic mass is 79.9. The summed E-state index contributed by atoms with van der Waals surface area (Å²) in [6, 6.07) is 1.81. The molecule has 0 amide bonds. The predicted molar refractivity (Wildman–Crippen MR) is 47.9 cm³/mol. The molecule has 1 heterocycles. The van der Waals surface area contributed by atoms with Crippen molar-refractivity contribution in [3.05, 3.63) is 28.5 Å². The van der Waals surface area contributed by atoms with Crippen molar-refractivity contribution < 1.29 is 0 Å². The van der Waals surface area contributed by atoms with Gasteiger partial charge in [0, 0.05) is 29.5 Å². The molecule has 0 aliphatic heterocycles. The summed E-state index contributed by atoms with van der Waals surface area (Å²) >= 11 is 3.30. The van der Waals surface area contributed by atoms with Crippen LogP contribution < -0.4 is 11.5 Å². The summed E-state index contributed by atoms with van der Waals surface area (Å²) in [5.41, 5.74) is 12.0. The zero-order valence-electron chi connectivity index (χ0n) is 6.00. The van der Waals surface area contributed by atoms with E-state index >= 15 is 0 Å². The Balaban J connectivity index is 2.86. The smallest absolute Gasteiger partial charge is 0.0435 e. The SMILES string of the molecule is NCC(N)c1cncc(Br)c1. The van der Waals surface area contributed by atoms with Crippen LogP contribution in [0.3, 0.4) is 0 Å². The van der Waals surface area contributed by atoms with Crippen LogP contribution in [0.1, 0.15) is 11.6 Å². The number of rotatable bonds is 2. The molecule has 60 valence electrons. The molecule has 0 saturated heterocycles. The van der Waals surface area contributed by atoms with E-state index in [1.807, 2.05) is 6.07 Å². The maximum atomic E-state index is 5.68. The van der Waals surface area contributed by atoms with Gasteiger partial charge in [-0.15, -0.1) is 0 Å². The van der Waals surface area contributed by atoms with Crippen molar-refractivity contribution in [1.29, 1.82) is 0 Å². The van der Waals surface area contributed by atoms with Crippen molar-refractivity contribution in [3.8, 4) is 0 Å². The van der Waals surface area contributed by atoms with Gasteiger partial charge in [-0.05, 0) is 27.6 Å². The fourth-order valence-corrected chi connectivity index (χ4v) is 1.15. The second-order valence-electron chi connectivity index (χ2n) is 2.28. The molecule has 3 nitrogen and oxygen atoms in total. The summed E-state index contributed by atoms with van der Waals surface area (Å²) in [7, 11) is 0. The van der Waals surface area contributed by atoms with Crippen LogP contribution in [0.25, 0.3) is 0 Å². The molecule has 0 aliphatic carbocycles. The van der Waals surface area contributed by atoms with Crippen LogP contribution in [0, 0.1) is 0 Å². The summed E-state index contributed by atoms with van der Waals surface area (Å²) in [5, 5.41) is 0. The number of hydrogen-bond acceptors (Lipinski definition) is 3. The lowest BCUT2D eigenvalue weighted by Gasteiger charge is -2.07. The Morgan fingerprint density at radius 1 is 1.55 bits per heavy atom. The molecule has 1 aromatic rings. The predicted octanol–water partition coefficient (Wildman–Crippen LogP) is 0.803. The van der Waals surface area contributed by atoms with Crippen LogP contribution in [0.4, 0.5) is 0 Å². The average molecular weight is 216 g/mol. The van der Waals surface area contributed by atoms with E-state index in [0.29, 0.717) is 6.54 Å². The standard InChI is InChI=1S/C7H10BrN3/c8-6-1-5(3-11-4-6)7(10)2-9/h1,3-4,7H,2,9-10H2. The van der Waals surface area contributed by atoms with E-state index in [0.717, 1.165) is 10.0 Å². The Hall–Kier alpha value is -0.450. The number of pyridine rings is 1. The van der Waals surface area contributed by atoms with Gasteiger partial charge in [-0.3, -0.25) is 4.98 Å². The van der Waals surface area contributed by atoms with Crippen LogP contribution in [0.2, 0.25) is 0 Å². The Kier molecular flexibility index (Phi) is 2.99. The highest BCUT2D eigenvalue weighted by molar-refractivity contribution is 9.10. The average Bonchev–Trinajstić information content (AvgIpc) is 2.03. The van der Waals surface area contributed by atoms with Crippen molar-refractivity contribution in [3.63, 3.8) is 0 Å². The van der Waals surface area contributed by atoms with Gasteiger partial charge in [0.2, 0.25) is 0 Å². The summed E-state index contributed by atoms with van der Waals surface area (Å²) in [4.78, 5) is 3.97. The Morgan fingerprint density at radius 3 is 2.82 bits per heavy atom. The first kappa shape index (κ1) is 8.64. The van der Waals surface area contributed by atoms with Gasteiger partial charge in [0.1, 0.15) is 0 Å². The van der Waals surface area contributed by atoms with E-state index in [1.165, 1.54) is 0 Å². The number of nitrogens with two attached hydrogens (primary N) is 2. The highest BCUT2D eigenvalue weighted by Gasteiger charge is 2.02. The maximum Gasteiger partial charge on any atom is 0.0435 e. The monoisotopic (exact) mass is 215 g/mol. The van der Waals surface area contributed by atoms with Gasteiger partial charge in [0.05, 0.1) is 0 Å². The fourth-order valence-electron chi connectivity index (χ4n) is 0.767. The lowest BCUT2D eigenvalue weighted by molar-refractivity contribution is 0.732. The molecule has 4 heteroatoms. The molecular formula is C7H10BrN3. The summed E-state index contributed by atoms with van der Waals surface area (Å²) < 4.78 is 0.930. The van der Waals surface area contributed by atoms with Crippen molar-refractivity contribution >= 4 is 15.9 Å². The maximum absolute atomic E-state index is 5.68. The van der Waals surface area contributed by atoms with Crippen molar-refractivity contribution in [1.82, 2.24) is 4.98 Å². The highest BCUT2D eigenvalue weighted by Crippen LogP contribution is 2.13. The zero-order valence-corrected chi connectivity index (χ0v) is 7.58. The number of hydrogen-bond donors (Lipinski definition) is 2. The molecule has 0 saturated carbocycles. The normalized spacial score (nSPS) is 13.0. The fraction of sp³-hybridized carbons (Fsp3) is 0.286. The summed E-state index contributed by atoms with van der Waals surface area (Å²) in [6.07, 6.45) is 3.44. The molecule has 1 atom stereocenters. The van der Waals surface area contributed by atoms with Gasteiger partial charge >= 0.3 is 0 Å². The lowest BCUT2D eigenvalue weighted by Crippen LogP contribution is -2.20. The number of aromatic nitrogens is 1. The van der Waals surface area contributed by atoms with E-state index in [2.05, 4.69) is 20.9 Å². The number of halogens is 1. The minimum absolute atomic E-state index is 0.111. The second-order valence-corrected chi connectivity index (χ2v) is 3.19. The van der Waals surface area contributed by atoms with Crippen molar-refractivity contribution in [2.75, 3.05) is 6.54 Å². The third kappa shape index (κ3) is 2.25. The Morgan fingerprint density at radius 2 is 2.27 bits per heavy atom. The Bertz CT molecular complexity index is 239. The molecule has 0 bridgehead atoms. The van der Waals surface area contributed by atoms with Gasteiger partial charge in [-0.1, -0.05) is 0 Å². The van der Waals surface area contributed by atoms with E-state index < -0.39 is 0 Å². The van der Waals surface area contributed by atoms with Gasteiger partial charge in [-0.25, -0.2) is 0 Å². The summed E-state index contributed by atoms with van der Waals surface area (Å²) in [6.45, 7) is 0.443. The largest absolute Gasteiger partial charge is 0.329 e. The van der Waals surface area contributed by atoms with E-state index in [9.17, 15) is 0 Å². The molecule has 0 spiro atoms. The molecule has 0 fully saturated rings. The first-order valence-electron chi connectivity index (χ1n) is 3.30. The van der Waals surface area contributed by atoms with Gasteiger partial charge in [0.15, 0.2) is 0 Å². The molecular weight excluding hydrogens is 206 g/mol. The molecule has 1 rings (SSSR count). The first-order chi connectivity index (χ1) is 5.24. The van der Waals surface area contributed by atoms with E-state index in [-0.39, 0.29) is 6.04 Å². The van der Waals surface area contributed by atoms with E-state index in [1.54, 1.807) is 12.4 Å². The summed E-state index contributed by atoms with van der Waals surface area (Å²) in [5.74, 6) is 0. The van der Waals surface area contributed by atoms with Gasteiger partial charge in [-0.2, -0.15) is 0 Å². The van der Waals surface area contributed by atoms with Crippen molar-refractivity contribution in [2.45, 2.75) is 6.04 Å². The third-order valence-corrected chi connectivity index (χ3v) is 1.84. The molecule has 4 N–H and O–H groups in total. The lowest BCUT2D eigenvalue weighted by atomic mass is 10.1. The quantitative estimate of drug-likeness (QED) is 0.768. The first-order valence-corrected chi connectivity index (χ1v) is 4.09. The topological polar surface area (TPSA) is 64.9 Å². The molecule has 11 heavy (non-hydrogen) atoms. The molecule has 0 aromatic carbocycles. The minimum Gasteiger partial charge on any atom is -0.329 e. The van der Waals surface area contributed by atoms with Gasteiger partial charge in [0.25, 0.3) is 0 Å². The minimum atomic E-state index is -0.111.